The molecule has 0 saturated heterocycles. The maximum absolute atomic E-state index is 12.3. The van der Waals surface area contributed by atoms with Crippen LogP contribution in [0.3, 0.4) is 0 Å². The number of hydrogen-bond acceptors (Lipinski definition) is 3. The fraction of sp³-hybridized carbons (Fsp3) is 0.429. The third-order valence-corrected chi connectivity index (χ3v) is 3.04. The van der Waals surface area contributed by atoms with Crippen LogP contribution in [0.4, 0.5) is 0 Å². The second-order valence-electron chi connectivity index (χ2n) is 4.14. The Morgan fingerprint density at radius 2 is 1.95 bits per heavy atom. The topological polar surface area (TPSA) is 46.6 Å². The Labute approximate surface area is 121 Å². The van der Waals surface area contributed by atoms with Gasteiger partial charge in [0.15, 0.2) is 0 Å². The monoisotopic (exact) mass is 327 g/mol. The van der Waals surface area contributed by atoms with Gasteiger partial charge in [0.2, 0.25) is 0 Å². The molecule has 0 heterocycles. The largest absolute Gasteiger partial charge is 0.465 e. The molecule has 0 radical (unpaired) electrons. The molecule has 0 aliphatic rings. The van der Waals surface area contributed by atoms with Gasteiger partial charge in [0, 0.05) is 16.6 Å². The first-order chi connectivity index (χ1) is 8.97. The van der Waals surface area contributed by atoms with Gasteiger partial charge in [0.1, 0.15) is 6.54 Å². The Balaban J connectivity index is 2.86. The standard InChI is InChI=1S/C14H18BrNO3/c1-4-16(9-13(17)19-5-2)14(18)11-6-10(3)7-12(15)8-11/h6-8H,4-5,9H2,1-3H3. The summed E-state index contributed by atoms with van der Waals surface area (Å²) in [6, 6.07) is 5.49. The lowest BCUT2D eigenvalue weighted by molar-refractivity contribution is -0.143. The van der Waals surface area contributed by atoms with Gasteiger partial charge in [-0.1, -0.05) is 15.9 Å². The summed E-state index contributed by atoms with van der Waals surface area (Å²) in [4.78, 5) is 25.2. The number of carbonyl (C=O) groups excluding carboxylic acids is 2. The van der Waals surface area contributed by atoms with E-state index in [9.17, 15) is 9.59 Å². The van der Waals surface area contributed by atoms with Gasteiger partial charge in [-0.25, -0.2) is 0 Å². The summed E-state index contributed by atoms with van der Waals surface area (Å²) in [6.45, 7) is 6.26. The molecular weight excluding hydrogens is 310 g/mol. The van der Waals surface area contributed by atoms with Crippen LogP contribution >= 0.6 is 15.9 Å². The highest BCUT2D eigenvalue weighted by Gasteiger charge is 2.18. The Morgan fingerprint density at radius 3 is 2.47 bits per heavy atom. The molecule has 0 fully saturated rings. The second-order valence-corrected chi connectivity index (χ2v) is 5.06. The van der Waals surface area contributed by atoms with E-state index in [4.69, 9.17) is 4.74 Å². The summed E-state index contributed by atoms with van der Waals surface area (Å²) in [5.41, 5.74) is 1.56. The van der Waals surface area contributed by atoms with E-state index in [0.29, 0.717) is 18.7 Å². The number of nitrogens with zero attached hydrogens (tertiary/aromatic N) is 1. The molecule has 1 amide bonds. The van der Waals surface area contributed by atoms with Crippen molar-refractivity contribution in [3.8, 4) is 0 Å². The van der Waals surface area contributed by atoms with Crippen LogP contribution in [-0.4, -0.2) is 36.5 Å². The number of rotatable bonds is 5. The van der Waals surface area contributed by atoms with Crippen molar-refractivity contribution in [3.63, 3.8) is 0 Å². The van der Waals surface area contributed by atoms with E-state index >= 15 is 0 Å². The molecule has 0 aliphatic heterocycles. The van der Waals surface area contributed by atoms with Gasteiger partial charge in [-0.05, 0) is 44.5 Å². The second kappa shape index (κ2) is 7.28. The van der Waals surface area contributed by atoms with Crippen molar-refractivity contribution in [2.75, 3.05) is 19.7 Å². The average molecular weight is 328 g/mol. The highest BCUT2D eigenvalue weighted by atomic mass is 79.9. The van der Waals surface area contributed by atoms with Crippen molar-refractivity contribution in [2.45, 2.75) is 20.8 Å². The first-order valence-electron chi connectivity index (χ1n) is 6.20. The molecule has 0 N–H and O–H groups in total. The summed E-state index contributed by atoms with van der Waals surface area (Å²) >= 11 is 3.37. The van der Waals surface area contributed by atoms with Crippen LogP contribution in [0.5, 0.6) is 0 Å². The highest BCUT2D eigenvalue weighted by Crippen LogP contribution is 2.16. The van der Waals surface area contributed by atoms with Gasteiger partial charge in [-0.15, -0.1) is 0 Å². The van der Waals surface area contributed by atoms with E-state index in [0.717, 1.165) is 10.0 Å². The molecule has 0 saturated carbocycles. The molecule has 1 aromatic rings. The SMILES string of the molecule is CCOC(=O)CN(CC)C(=O)c1cc(C)cc(Br)c1. The number of likely N-dealkylation sites (N-methyl/N-ethyl adjacent to an activating group) is 1. The van der Waals surface area contributed by atoms with Gasteiger partial charge >= 0.3 is 5.97 Å². The number of amides is 1. The van der Waals surface area contributed by atoms with E-state index in [1.54, 1.807) is 19.1 Å². The summed E-state index contributed by atoms with van der Waals surface area (Å²) in [5.74, 6) is -0.552. The lowest BCUT2D eigenvalue weighted by Crippen LogP contribution is -2.36. The quantitative estimate of drug-likeness (QED) is 0.781. The van der Waals surface area contributed by atoms with E-state index in [1.165, 1.54) is 4.90 Å². The molecule has 0 aromatic heterocycles. The van der Waals surface area contributed by atoms with Crippen molar-refractivity contribution in [2.24, 2.45) is 0 Å². The van der Waals surface area contributed by atoms with E-state index in [2.05, 4.69) is 15.9 Å². The average Bonchev–Trinajstić information content (AvgIpc) is 2.34. The van der Waals surface area contributed by atoms with Gasteiger partial charge in [-0.3, -0.25) is 9.59 Å². The zero-order valence-corrected chi connectivity index (χ0v) is 13.0. The van der Waals surface area contributed by atoms with Crippen molar-refractivity contribution < 1.29 is 14.3 Å². The van der Waals surface area contributed by atoms with Crippen molar-refractivity contribution >= 4 is 27.8 Å². The Kier molecular flexibility index (Phi) is 6.02. The van der Waals surface area contributed by atoms with Crippen molar-refractivity contribution in [1.29, 1.82) is 0 Å². The summed E-state index contributed by atoms with van der Waals surface area (Å²) in [7, 11) is 0. The molecule has 0 spiro atoms. The zero-order valence-electron chi connectivity index (χ0n) is 11.4. The molecular formula is C14H18BrNO3. The summed E-state index contributed by atoms with van der Waals surface area (Å²) < 4.78 is 5.72. The van der Waals surface area contributed by atoms with Gasteiger partial charge < -0.3 is 9.64 Å². The Bertz CT molecular complexity index is 454. The minimum absolute atomic E-state index is 0.0191. The number of aryl methyl sites for hydroxylation is 1. The Morgan fingerprint density at radius 1 is 1.26 bits per heavy atom. The van der Waals surface area contributed by atoms with Crippen LogP contribution in [-0.2, 0) is 9.53 Å². The van der Waals surface area contributed by atoms with Crippen LogP contribution in [0.25, 0.3) is 0 Å². The predicted octanol–water partition coefficient (Wildman–Crippen LogP) is 2.78. The lowest BCUT2D eigenvalue weighted by atomic mass is 10.1. The number of hydrogen-bond donors (Lipinski definition) is 0. The Hall–Kier alpha value is -1.36. The molecule has 19 heavy (non-hydrogen) atoms. The van der Waals surface area contributed by atoms with Crippen LogP contribution in [0.2, 0.25) is 0 Å². The summed E-state index contributed by atoms with van der Waals surface area (Å²) in [5, 5.41) is 0. The molecule has 1 rings (SSSR count). The molecule has 1 aromatic carbocycles. The smallest absolute Gasteiger partial charge is 0.325 e. The maximum atomic E-state index is 12.3. The fourth-order valence-corrected chi connectivity index (χ4v) is 2.34. The lowest BCUT2D eigenvalue weighted by Gasteiger charge is -2.20. The number of carbonyl (C=O) groups is 2. The van der Waals surface area contributed by atoms with Gasteiger partial charge in [0.25, 0.3) is 5.91 Å². The van der Waals surface area contributed by atoms with E-state index < -0.39 is 0 Å². The van der Waals surface area contributed by atoms with Crippen molar-refractivity contribution in [1.82, 2.24) is 4.90 Å². The molecule has 0 bridgehead atoms. The minimum Gasteiger partial charge on any atom is -0.465 e. The third-order valence-electron chi connectivity index (χ3n) is 2.58. The molecule has 104 valence electrons. The fourth-order valence-electron chi connectivity index (χ4n) is 1.73. The number of halogens is 1. The van der Waals surface area contributed by atoms with Crippen LogP contribution in [0.15, 0.2) is 22.7 Å². The highest BCUT2D eigenvalue weighted by molar-refractivity contribution is 9.10. The molecule has 5 heteroatoms. The molecule has 0 aliphatic carbocycles. The molecule has 0 unspecified atom stereocenters. The normalized spacial score (nSPS) is 10.1. The van der Waals surface area contributed by atoms with Gasteiger partial charge in [0.05, 0.1) is 6.61 Å². The third kappa shape index (κ3) is 4.67. The van der Waals surface area contributed by atoms with Crippen LogP contribution in [0.1, 0.15) is 29.8 Å². The van der Waals surface area contributed by atoms with Gasteiger partial charge in [-0.2, -0.15) is 0 Å². The first kappa shape index (κ1) is 15.7. The van der Waals surface area contributed by atoms with E-state index in [-0.39, 0.29) is 18.4 Å². The minimum atomic E-state index is -0.385. The number of ether oxygens (including phenoxy) is 1. The molecule has 4 nitrogen and oxygen atoms in total. The molecule has 0 atom stereocenters. The number of esters is 1. The van der Waals surface area contributed by atoms with E-state index in [1.807, 2.05) is 19.9 Å². The number of benzene rings is 1. The van der Waals surface area contributed by atoms with Crippen molar-refractivity contribution in [3.05, 3.63) is 33.8 Å². The van der Waals surface area contributed by atoms with Crippen LogP contribution < -0.4 is 0 Å². The zero-order chi connectivity index (χ0) is 14.4. The first-order valence-corrected chi connectivity index (χ1v) is 6.99. The predicted molar refractivity (Wildman–Crippen MR) is 77.1 cm³/mol. The summed E-state index contributed by atoms with van der Waals surface area (Å²) in [6.07, 6.45) is 0. The maximum Gasteiger partial charge on any atom is 0.325 e. The van der Waals surface area contributed by atoms with Crippen LogP contribution in [0, 0.1) is 6.92 Å².